The molecule has 0 aliphatic carbocycles. The molecule has 0 aromatic heterocycles. The van der Waals surface area contributed by atoms with Crippen molar-refractivity contribution in [3.63, 3.8) is 0 Å². The second-order valence-electron chi connectivity index (χ2n) is 17.5. The minimum absolute atomic E-state index is 0.0296. The van der Waals surface area contributed by atoms with Crippen LogP contribution in [-0.2, 0) is 39.6 Å². The van der Waals surface area contributed by atoms with Crippen LogP contribution in [0.4, 0.5) is 0 Å². The molecule has 0 atom stereocenters. The molecule has 0 bridgehead atoms. The lowest BCUT2D eigenvalue weighted by Gasteiger charge is -2.16. The summed E-state index contributed by atoms with van der Waals surface area (Å²) in [6.45, 7) is 0.849. The van der Waals surface area contributed by atoms with Crippen LogP contribution in [0, 0.1) is 6.92 Å². The van der Waals surface area contributed by atoms with Crippen LogP contribution in [0.1, 0.15) is 122 Å². The van der Waals surface area contributed by atoms with E-state index in [2.05, 4.69) is 0 Å². The Labute approximate surface area is 446 Å². The average Bonchev–Trinajstić information content (AvgIpc) is 3.42. The monoisotopic (exact) mass is 1080 g/mol. The third-order valence-corrected chi connectivity index (χ3v) is 11.3. The number of carboxylic acid groups (broad SMARTS) is 8. The molecule has 0 saturated carbocycles. The molecule has 404 valence electrons. The summed E-state index contributed by atoms with van der Waals surface area (Å²) >= 11 is 0. The van der Waals surface area contributed by atoms with Gasteiger partial charge in [-0.3, -0.25) is 0 Å². The molecule has 8 N–H and O–H groups in total. The number of aromatic carboxylic acids is 8. The zero-order chi connectivity index (χ0) is 57.1. The summed E-state index contributed by atoms with van der Waals surface area (Å²) in [5.74, 6) is -10.8. The summed E-state index contributed by atoms with van der Waals surface area (Å²) in [6, 6.07) is 28.3. The Morgan fingerprint density at radius 2 is 0.392 bits per heavy atom. The topological polar surface area (TPSA) is 354 Å². The van der Waals surface area contributed by atoms with Gasteiger partial charge in [-0.2, -0.15) is 0 Å². The van der Waals surface area contributed by atoms with Gasteiger partial charge in [0.15, 0.2) is 0 Å². The number of aryl methyl sites for hydroxylation is 1. The third kappa shape index (κ3) is 15.6. The lowest BCUT2D eigenvalue weighted by Crippen LogP contribution is -2.07. The molecule has 0 aliphatic heterocycles. The number of ether oxygens (including phenoxy) is 6. The Balaban J connectivity index is 1.13. The molecule has 0 spiro atoms. The minimum Gasteiger partial charge on any atom is -0.489 e. The molecule has 7 aromatic rings. The SMILES string of the molecule is Cc1cc(COc2cc(COc3cc(C(=O)O)cc(C(=O)O)c3)cc(COc3cc(C(=O)O)cc(C(=O)O)c3)c2)cc(COc2cc(COc3cc(C(=O)O)cc(C(=O)O)c3)cc(COc3cc(C(=O)O)cc(C(=O)O)c3)c2)c1. The first-order valence-electron chi connectivity index (χ1n) is 23.1. The van der Waals surface area contributed by atoms with Gasteiger partial charge >= 0.3 is 47.8 Å². The van der Waals surface area contributed by atoms with Crippen LogP contribution in [0.5, 0.6) is 34.5 Å². The van der Waals surface area contributed by atoms with Crippen molar-refractivity contribution in [1.82, 2.24) is 0 Å². The number of carboxylic acids is 8. The first-order valence-corrected chi connectivity index (χ1v) is 23.1. The van der Waals surface area contributed by atoms with E-state index >= 15 is 0 Å². The molecular formula is C57H44O22. The maximum Gasteiger partial charge on any atom is 0.335 e. The summed E-state index contributed by atoms with van der Waals surface area (Å²) in [7, 11) is 0. The average molecular weight is 1080 g/mol. The Hall–Kier alpha value is -10.9. The Morgan fingerprint density at radius 3 is 0.557 bits per heavy atom. The first-order chi connectivity index (χ1) is 37.5. The standard InChI is InChI=1S/C57H44O22/c1-29-2-30(23-74-44-7-32(25-76-46-15-36(50(58)59)11-37(16-46)51(60)61)5-33(8-44)26-77-47-17-38(52(62)63)12-39(18-47)53(64)65)4-31(3-29)24-75-45-9-34(27-78-48-19-40(54(66)67)13-41(20-48)55(68)69)6-35(10-45)28-79-49-21-42(56(70)71)14-43(22-49)57(72)73/h2-22H,23-28H2,1H3,(H,58,59)(H,60,61)(H,62,63)(H,64,65)(H,66,67)(H,68,69)(H,70,71)(H,72,73). The van der Waals surface area contributed by atoms with E-state index < -0.39 is 47.8 Å². The van der Waals surface area contributed by atoms with Crippen LogP contribution in [-0.4, -0.2) is 88.6 Å². The molecule has 0 aliphatic rings. The molecule has 0 radical (unpaired) electrons. The van der Waals surface area contributed by atoms with Crippen molar-refractivity contribution in [2.24, 2.45) is 0 Å². The van der Waals surface area contributed by atoms with Crippen molar-refractivity contribution in [2.45, 2.75) is 46.6 Å². The van der Waals surface area contributed by atoms with Crippen molar-refractivity contribution in [1.29, 1.82) is 0 Å². The van der Waals surface area contributed by atoms with Gasteiger partial charge in [0, 0.05) is 0 Å². The maximum atomic E-state index is 11.8. The number of rotatable bonds is 26. The third-order valence-electron chi connectivity index (χ3n) is 11.3. The van der Waals surface area contributed by atoms with Crippen LogP contribution >= 0.6 is 0 Å². The molecule has 22 heteroatoms. The lowest BCUT2D eigenvalue weighted by atomic mass is 10.1. The van der Waals surface area contributed by atoms with Crippen molar-refractivity contribution >= 4 is 47.8 Å². The van der Waals surface area contributed by atoms with Gasteiger partial charge in [0.05, 0.1) is 44.5 Å². The van der Waals surface area contributed by atoms with E-state index in [0.717, 1.165) is 78.4 Å². The predicted octanol–water partition coefficient (Wildman–Crippen LogP) is 9.05. The van der Waals surface area contributed by atoms with Gasteiger partial charge in [0.1, 0.15) is 74.1 Å². The summed E-state index contributed by atoms with van der Waals surface area (Å²) in [5, 5.41) is 76.6. The van der Waals surface area contributed by atoms with Crippen molar-refractivity contribution < 1.29 is 108 Å². The van der Waals surface area contributed by atoms with Crippen molar-refractivity contribution in [3.8, 4) is 34.5 Å². The summed E-state index contributed by atoms with van der Waals surface area (Å²) in [4.78, 5) is 94.1. The fourth-order valence-electron chi connectivity index (χ4n) is 7.79. The highest BCUT2D eigenvalue weighted by Crippen LogP contribution is 2.28. The number of carbonyl (C=O) groups is 8. The fraction of sp³-hybridized carbons (Fsp3) is 0.123. The number of benzene rings is 7. The molecular weight excluding hydrogens is 1040 g/mol. The van der Waals surface area contributed by atoms with Crippen LogP contribution in [0.3, 0.4) is 0 Å². The zero-order valence-electron chi connectivity index (χ0n) is 41.2. The normalized spacial score (nSPS) is 10.7. The molecule has 0 saturated heterocycles. The van der Waals surface area contributed by atoms with Gasteiger partial charge in [-0.25, -0.2) is 38.4 Å². The van der Waals surface area contributed by atoms with Gasteiger partial charge in [0.2, 0.25) is 0 Å². The van der Waals surface area contributed by atoms with Crippen LogP contribution in [0.15, 0.2) is 127 Å². The van der Waals surface area contributed by atoms with Gasteiger partial charge in [0.25, 0.3) is 0 Å². The first kappa shape index (κ1) is 55.8. The van der Waals surface area contributed by atoms with Crippen molar-refractivity contribution in [2.75, 3.05) is 0 Å². The predicted molar refractivity (Wildman–Crippen MR) is 271 cm³/mol. The summed E-state index contributed by atoms with van der Waals surface area (Å²) in [5.41, 5.74) is 1.25. The molecule has 0 amide bonds. The molecule has 0 heterocycles. The van der Waals surface area contributed by atoms with E-state index in [0.29, 0.717) is 33.4 Å². The van der Waals surface area contributed by atoms with Gasteiger partial charge in [-0.05, 0) is 156 Å². The molecule has 0 unspecified atom stereocenters. The molecule has 22 nitrogen and oxygen atoms in total. The van der Waals surface area contributed by atoms with Gasteiger partial charge < -0.3 is 69.3 Å². The van der Waals surface area contributed by atoms with Crippen LogP contribution in [0.25, 0.3) is 0 Å². The summed E-state index contributed by atoms with van der Waals surface area (Å²) in [6.07, 6.45) is 0. The van der Waals surface area contributed by atoms with E-state index in [4.69, 9.17) is 28.4 Å². The van der Waals surface area contributed by atoms with Gasteiger partial charge in [-0.15, -0.1) is 0 Å². The molecule has 0 fully saturated rings. The highest BCUT2D eigenvalue weighted by molar-refractivity contribution is 5.97. The van der Waals surface area contributed by atoms with Crippen molar-refractivity contribution in [3.05, 3.63) is 211 Å². The number of hydrogen-bond donors (Lipinski definition) is 8. The molecule has 7 aromatic carbocycles. The fourth-order valence-corrected chi connectivity index (χ4v) is 7.79. The lowest BCUT2D eigenvalue weighted by molar-refractivity contribution is 0.0675. The Bertz CT molecular complexity index is 3030. The Kier molecular flexibility index (Phi) is 17.4. The van der Waals surface area contributed by atoms with E-state index in [1.165, 1.54) is 0 Å². The van der Waals surface area contributed by atoms with E-state index in [-0.39, 0.29) is 119 Å². The highest BCUT2D eigenvalue weighted by Gasteiger charge is 2.18. The van der Waals surface area contributed by atoms with Gasteiger partial charge in [-0.1, -0.05) is 17.7 Å². The quantitative estimate of drug-likeness (QED) is 0.0250. The van der Waals surface area contributed by atoms with Crippen LogP contribution < -0.4 is 28.4 Å². The molecule has 7 rings (SSSR count). The smallest absolute Gasteiger partial charge is 0.335 e. The van der Waals surface area contributed by atoms with E-state index in [1.807, 2.05) is 19.1 Å². The minimum atomic E-state index is -1.38. The zero-order valence-corrected chi connectivity index (χ0v) is 41.2. The van der Waals surface area contributed by atoms with E-state index in [9.17, 15) is 79.2 Å². The second-order valence-corrected chi connectivity index (χ2v) is 17.5. The Morgan fingerprint density at radius 1 is 0.241 bits per heavy atom. The summed E-state index contributed by atoms with van der Waals surface area (Å²) < 4.78 is 36.0. The molecule has 79 heavy (non-hydrogen) atoms. The number of hydrogen-bond acceptors (Lipinski definition) is 14. The van der Waals surface area contributed by atoms with Crippen LogP contribution in [0.2, 0.25) is 0 Å². The second kappa shape index (κ2) is 24.6. The highest BCUT2D eigenvalue weighted by atomic mass is 16.5. The van der Waals surface area contributed by atoms with E-state index in [1.54, 1.807) is 42.5 Å². The largest absolute Gasteiger partial charge is 0.489 e. The maximum absolute atomic E-state index is 11.8.